The van der Waals surface area contributed by atoms with Crippen molar-refractivity contribution in [2.45, 2.75) is 25.9 Å². The molecule has 0 saturated carbocycles. The summed E-state index contributed by atoms with van der Waals surface area (Å²) in [7, 11) is 0. The van der Waals surface area contributed by atoms with Crippen molar-refractivity contribution in [1.82, 2.24) is 15.3 Å². The van der Waals surface area contributed by atoms with Crippen LogP contribution >= 0.6 is 0 Å². The van der Waals surface area contributed by atoms with Gasteiger partial charge >= 0.3 is 5.69 Å². The van der Waals surface area contributed by atoms with Gasteiger partial charge in [-0.15, -0.1) is 0 Å². The van der Waals surface area contributed by atoms with E-state index in [4.69, 9.17) is 0 Å². The second kappa shape index (κ2) is 6.15. The second-order valence-corrected chi connectivity index (χ2v) is 4.57. The first-order chi connectivity index (χ1) is 9.15. The third-order valence-corrected chi connectivity index (χ3v) is 2.92. The molecule has 0 radical (unpaired) electrons. The van der Waals surface area contributed by atoms with Gasteiger partial charge < -0.3 is 10.3 Å². The predicted octanol–water partition coefficient (Wildman–Crippen LogP) is 0.784. The average Bonchev–Trinajstić information content (AvgIpc) is 2.39. The summed E-state index contributed by atoms with van der Waals surface area (Å²) in [6.45, 7) is 2.49. The Morgan fingerprint density at radius 1 is 1.21 bits per heavy atom. The molecule has 0 spiro atoms. The summed E-state index contributed by atoms with van der Waals surface area (Å²) in [5.74, 6) is 0. The third-order valence-electron chi connectivity index (χ3n) is 2.92. The zero-order valence-corrected chi connectivity index (χ0v) is 10.8. The van der Waals surface area contributed by atoms with E-state index in [2.05, 4.69) is 34.3 Å². The van der Waals surface area contributed by atoms with Gasteiger partial charge in [-0.2, -0.15) is 0 Å². The summed E-state index contributed by atoms with van der Waals surface area (Å²) < 4.78 is 0. The van der Waals surface area contributed by atoms with Gasteiger partial charge in [-0.25, -0.2) is 4.79 Å². The molecule has 1 atom stereocenters. The number of aromatic nitrogens is 2. The number of aromatic amines is 2. The topological polar surface area (TPSA) is 77.8 Å². The van der Waals surface area contributed by atoms with Crippen molar-refractivity contribution < 1.29 is 0 Å². The van der Waals surface area contributed by atoms with Crippen LogP contribution < -0.4 is 16.6 Å². The molecule has 0 fully saturated rings. The Morgan fingerprint density at radius 3 is 2.63 bits per heavy atom. The maximum atomic E-state index is 11.5. The van der Waals surface area contributed by atoms with Crippen LogP contribution in [0.15, 0.2) is 46.1 Å². The molecular weight excluding hydrogens is 242 g/mol. The standard InChI is InChI=1S/C14H17N3O2/c1-10(7-11-5-3-2-4-6-11)15-8-12-9-16-14(19)17-13(12)18/h2-6,9-10,15H,7-8H2,1H3,(H2,16,17,18,19). The summed E-state index contributed by atoms with van der Waals surface area (Å²) in [5, 5.41) is 3.27. The monoisotopic (exact) mass is 259 g/mol. The summed E-state index contributed by atoms with van der Waals surface area (Å²) in [4.78, 5) is 27.1. The first kappa shape index (κ1) is 13.3. The number of benzene rings is 1. The van der Waals surface area contributed by atoms with Crippen molar-refractivity contribution in [1.29, 1.82) is 0 Å². The highest BCUT2D eigenvalue weighted by atomic mass is 16.2. The summed E-state index contributed by atoms with van der Waals surface area (Å²) in [6.07, 6.45) is 2.34. The quantitative estimate of drug-likeness (QED) is 0.742. The SMILES string of the molecule is CC(Cc1ccccc1)NCc1c[nH]c(=O)[nH]c1=O. The van der Waals surface area contributed by atoms with Crippen LogP contribution in [0.5, 0.6) is 0 Å². The average molecular weight is 259 g/mol. The van der Waals surface area contributed by atoms with Crippen molar-refractivity contribution in [2.75, 3.05) is 0 Å². The molecule has 1 heterocycles. The van der Waals surface area contributed by atoms with Crippen molar-refractivity contribution in [3.8, 4) is 0 Å². The van der Waals surface area contributed by atoms with Crippen LogP contribution in [0.3, 0.4) is 0 Å². The summed E-state index contributed by atoms with van der Waals surface area (Å²) >= 11 is 0. The number of H-pyrrole nitrogens is 2. The molecular formula is C14H17N3O2. The Morgan fingerprint density at radius 2 is 1.95 bits per heavy atom. The van der Waals surface area contributed by atoms with E-state index in [1.165, 1.54) is 11.8 Å². The molecule has 3 N–H and O–H groups in total. The van der Waals surface area contributed by atoms with Crippen LogP contribution in [-0.4, -0.2) is 16.0 Å². The van der Waals surface area contributed by atoms with Gasteiger partial charge in [0.25, 0.3) is 5.56 Å². The summed E-state index contributed by atoms with van der Waals surface area (Å²) in [6, 6.07) is 10.4. The normalized spacial score (nSPS) is 12.3. The molecule has 0 saturated heterocycles. The highest BCUT2D eigenvalue weighted by Crippen LogP contribution is 2.02. The van der Waals surface area contributed by atoms with Gasteiger partial charge in [0, 0.05) is 24.3 Å². The Labute approximate surface area is 110 Å². The molecule has 1 unspecified atom stereocenters. The smallest absolute Gasteiger partial charge is 0.314 e. The lowest BCUT2D eigenvalue weighted by Crippen LogP contribution is -2.32. The van der Waals surface area contributed by atoms with Crippen LogP contribution in [0.25, 0.3) is 0 Å². The lowest BCUT2D eigenvalue weighted by molar-refractivity contribution is 0.542. The van der Waals surface area contributed by atoms with Crippen molar-refractivity contribution in [2.24, 2.45) is 0 Å². The fraction of sp³-hybridized carbons (Fsp3) is 0.286. The Kier molecular flexibility index (Phi) is 4.30. The molecule has 0 aliphatic rings. The molecule has 19 heavy (non-hydrogen) atoms. The predicted molar refractivity (Wildman–Crippen MR) is 74.1 cm³/mol. The van der Waals surface area contributed by atoms with E-state index in [0.29, 0.717) is 12.1 Å². The number of hydrogen-bond donors (Lipinski definition) is 3. The van der Waals surface area contributed by atoms with E-state index in [1.54, 1.807) is 0 Å². The Hall–Kier alpha value is -2.14. The van der Waals surface area contributed by atoms with Crippen LogP contribution in [0, 0.1) is 0 Å². The van der Waals surface area contributed by atoms with E-state index in [1.807, 2.05) is 18.2 Å². The maximum absolute atomic E-state index is 11.5. The van der Waals surface area contributed by atoms with Crippen molar-refractivity contribution >= 4 is 0 Å². The minimum absolute atomic E-state index is 0.244. The number of hydrogen-bond acceptors (Lipinski definition) is 3. The first-order valence-corrected chi connectivity index (χ1v) is 6.23. The van der Waals surface area contributed by atoms with Gasteiger partial charge in [-0.3, -0.25) is 9.78 Å². The molecule has 0 aliphatic carbocycles. The largest absolute Gasteiger partial charge is 0.325 e. The molecule has 0 aliphatic heterocycles. The van der Waals surface area contributed by atoms with Crippen molar-refractivity contribution in [3.05, 3.63) is 68.5 Å². The Balaban J connectivity index is 1.92. The Bertz CT molecular complexity index is 631. The first-order valence-electron chi connectivity index (χ1n) is 6.23. The summed E-state index contributed by atoms with van der Waals surface area (Å²) in [5.41, 5.74) is 0.951. The minimum Gasteiger partial charge on any atom is -0.314 e. The third kappa shape index (κ3) is 3.93. The highest BCUT2D eigenvalue weighted by molar-refractivity contribution is 5.15. The fourth-order valence-electron chi connectivity index (χ4n) is 1.89. The van der Waals surface area contributed by atoms with E-state index in [0.717, 1.165) is 6.42 Å². The number of rotatable bonds is 5. The van der Waals surface area contributed by atoms with E-state index in [-0.39, 0.29) is 11.6 Å². The van der Waals surface area contributed by atoms with Crippen LogP contribution in [0.2, 0.25) is 0 Å². The lowest BCUT2D eigenvalue weighted by Gasteiger charge is -2.13. The molecule has 5 heteroatoms. The zero-order chi connectivity index (χ0) is 13.7. The zero-order valence-electron chi connectivity index (χ0n) is 10.8. The highest BCUT2D eigenvalue weighted by Gasteiger charge is 2.05. The molecule has 2 aromatic rings. The van der Waals surface area contributed by atoms with Gasteiger partial charge in [0.15, 0.2) is 0 Å². The molecule has 100 valence electrons. The van der Waals surface area contributed by atoms with Crippen LogP contribution in [-0.2, 0) is 13.0 Å². The van der Waals surface area contributed by atoms with Gasteiger partial charge in [-0.1, -0.05) is 30.3 Å². The van der Waals surface area contributed by atoms with Gasteiger partial charge in [-0.05, 0) is 18.9 Å². The van der Waals surface area contributed by atoms with Crippen LogP contribution in [0.4, 0.5) is 0 Å². The molecule has 1 aromatic heterocycles. The fourth-order valence-corrected chi connectivity index (χ4v) is 1.89. The van der Waals surface area contributed by atoms with E-state index in [9.17, 15) is 9.59 Å². The lowest BCUT2D eigenvalue weighted by atomic mass is 10.1. The van der Waals surface area contributed by atoms with Gasteiger partial charge in [0.1, 0.15) is 0 Å². The number of nitrogens with one attached hydrogen (secondary N) is 3. The maximum Gasteiger partial charge on any atom is 0.325 e. The second-order valence-electron chi connectivity index (χ2n) is 4.57. The minimum atomic E-state index is -0.480. The molecule has 0 bridgehead atoms. The van der Waals surface area contributed by atoms with Gasteiger partial charge in [0.05, 0.1) is 0 Å². The van der Waals surface area contributed by atoms with Crippen LogP contribution in [0.1, 0.15) is 18.1 Å². The molecule has 1 aromatic carbocycles. The van der Waals surface area contributed by atoms with Crippen molar-refractivity contribution in [3.63, 3.8) is 0 Å². The molecule has 5 nitrogen and oxygen atoms in total. The van der Waals surface area contributed by atoms with Gasteiger partial charge in [0.2, 0.25) is 0 Å². The molecule has 2 rings (SSSR count). The van der Waals surface area contributed by atoms with E-state index >= 15 is 0 Å². The molecule has 0 amide bonds. The van der Waals surface area contributed by atoms with E-state index < -0.39 is 5.69 Å².